The first-order chi connectivity index (χ1) is 11.8. The molecule has 1 fully saturated rings. The molecule has 25 heavy (non-hydrogen) atoms. The molecule has 2 aromatic rings. The first-order valence-corrected chi connectivity index (χ1v) is 9.05. The lowest BCUT2D eigenvalue weighted by Crippen LogP contribution is -2.41. The minimum absolute atomic E-state index is 0.167. The van der Waals surface area contributed by atoms with E-state index in [2.05, 4.69) is 5.32 Å². The smallest absolute Gasteiger partial charge is 0.325 e. The predicted octanol–water partition coefficient (Wildman–Crippen LogP) is 1.46. The highest BCUT2D eigenvalue weighted by Gasteiger charge is 2.51. The summed E-state index contributed by atoms with van der Waals surface area (Å²) in [5, 5.41) is 2.53. The number of nitrogens with zero attached hydrogens (tertiary/aromatic N) is 1. The van der Waals surface area contributed by atoms with Gasteiger partial charge in [0, 0.05) is 6.54 Å². The fraction of sp³-hybridized carbons (Fsp3) is 0.250. The second-order valence-corrected chi connectivity index (χ2v) is 7.34. The van der Waals surface area contributed by atoms with Gasteiger partial charge in [-0.05, 0) is 31.2 Å². The number of hydrogen-bond acceptors (Lipinski definition) is 6. The Morgan fingerprint density at radius 3 is 2.52 bits per heavy atom. The Kier molecular flexibility index (Phi) is 4.25. The molecular weight excluding hydrogens is 348 g/mol. The molecule has 0 spiro atoms. The summed E-state index contributed by atoms with van der Waals surface area (Å²) in [7, 11) is -3.96. The van der Waals surface area contributed by atoms with Crippen molar-refractivity contribution in [3.8, 4) is 5.75 Å². The maximum absolute atomic E-state index is 12.6. The summed E-state index contributed by atoms with van der Waals surface area (Å²) in [5.41, 5.74) is -1.36. The van der Waals surface area contributed by atoms with E-state index < -0.39 is 33.3 Å². The molecule has 0 radical (unpaired) electrons. The highest BCUT2D eigenvalue weighted by atomic mass is 32.2. The van der Waals surface area contributed by atoms with Crippen LogP contribution in [0.15, 0.2) is 53.1 Å². The van der Waals surface area contributed by atoms with Gasteiger partial charge < -0.3 is 13.9 Å². The molecule has 1 saturated heterocycles. The fourth-order valence-corrected chi connectivity index (χ4v) is 3.39. The Hall–Kier alpha value is -2.81. The summed E-state index contributed by atoms with van der Waals surface area (Å²) in [4.78, 5) is 25.5. The molecule has 2 heterocycles. The number of furan rings is 1. The van der Waals surface area contributed by atoms with E-state index in [-0.39, 0.29) is 18.1 Å². The predicted molar refractivity (Wildman–Crippen MR) is 87.2 cm³/mol. The number of nitrogens with one attached hydrogen (secondary N) is 1. The zero-order valence-corrected chi connectivity index (χ0v) is 14.2. The van der Waals surface area contributed by atoms with Crippen LogP contribution < -0.4 is 9.50 Å². The summed E-state index contributed by atoms with van der Waals surface area (Å²) >= 11 is 0. The van der Waals surface area contributed by atoms with Crippen LogP contribution in [0.5, 0.6) is 5.75 Å². The van der Waals surface area contributed by atoms with Crippen LogP contribution in [0.25, 0.3) is 0 Å². The molecule has 1 aliphatic heterocycles. The van der Waals surface area contributed by atoms with Crippen molar-refractivity contribution in [2.24, 2.45) is 0 Å². The third-order valence-electron chi connectivity index (χ3n) is 3.82. The maximum atomic E-state index is 12.6. The van der Waals surface area contributed by atoms with Gasteiger partial charge in [-0.3, -0.25) is 9.69 Å². The largest absolute Gasteiger partial charge is 0.466 e. The number of carbonyl (C=O) groups is 2. The van der Waals surface area contributed by atoms with Crippen LogP contribution in [0.4, 0.5) is 4.79 Å². The van der Waals surface area contributed by atoms with E-state index in [0.29, 0.717) is 0 Å². The van der Waals surface area contributed by atoms with Gasteiger partial charge in [0.1, 0.15) is 17.3 Å². The minimum Gasteiger partial charge on any atom is -0.466 e. The van der Waals surface area contributed by atoms with E-state index in [1.807, 2.05) is 0 Å². The molecule has 3 amide bonds. The first-order valence-electron chi connectivity index (χ1n) is 7.47. The number of urea groups is 1. The number of carbonyl (C=O) groups excluding carboxylic acids is 2. The Morgan fingerprint density at radius 1 is 1.16 bits per heavy atom. The van der Waals surface area contributed by atoms with E-state index in [4.69, 9.17) is 8.60 Å². The standard InChI is InChI=1S/C16H16N2O6S/c1-16(13-8-5-10-23-13)14(19)18(15(20)17-16)9-11-25(21,22)24-12-6-3-2-4-7-12/h2-8,10H,9,11H2,1H3,(H,17,20). The zero-order valence-electron chi connectivity index (χ0n) is 13.3. The molecule has 8 nitrogen and oxygen atoms in total. The van der Waals surface area contributed by atoms with Crippen LogP contribution >= 0.6 is 0 Å². The Bertz CT molecular complexity index is 879. The summed E-state index contributed by atoms with van der Waals surface area (Å²) in [6.07, 6.45) is 1.39. The van der Waals surface area contributed by atoms with Crippen LogP contribution in [0.1, 0.15) is 12.7 Å². The molecule has 1 aromatic carbocycles. The van der Waals surface area contributed by atoms with Crippen molar-refractivity contribution in [1.82, 2.24) is 10.2 Å². The Morgan fingerprint density at radius 2 is 1.88 bits per heavy atom. The van der Waals surface area contributed by atoms with Crippen molar-refractivity contribution >= 4 is 22.1 Å². The van der Waals surface area contributed by atoms with Gasteiger partial charge in [0.25, 0.3) is 5.91 Å². The average Bonchev–Trinajstić information content (AvgIpc) is 3.16. The SMILES string of the molecule is CC1(c2ccco2)NC(=O)N(CCS(=O)(=O)Oc2ccccc2)C1=O. The van der Waals surface area contributed by atoms with Gasteiger partial charge in [0.15, 0.2) is 5.54 Å². The molecule has 9 heteroatoms. The van der Waals surface area contributed by atoms with Gasteiger partial charge in [0.2, 0.25) is 0 Å². The second kappa shape index (κ2) is 6.25. The highest BCUT2D eigenvalue weighted by Crippen LogP contribution is 2.29. The lowest BCUT2D eigenvalue weighted by molar-refractivity contribution is -0.131. The quantitative estimate of drug-likeness (QED) is 0.614. The summed E-state index contributed by atoms with van der Waals surface area (Å²) in [5.74, 6) is -0.658. The van der Waals surface area contributed by atoms with Gasteiger partial charge in [-0.1, -0.05) is 18.2 Å². The lowest BCUT2D eigenvalue weighted by atomic mass is 9.99. The molecule has 1 unspecified atom stereocenters. The van der Waals surface area contributed by atoms with Crippen molar-refractivity contribution in [3.05, 3.63) is 54.5 Å². The number of para-hydroxylation sites is 1. The average molecular weight is 364 g/mol. The third-order valence-corrected chi connectivity index (χ3v) is 4.95. The van der Waals surface area contributed by atoms with E-state index in [0.717, 1.165) is 4.90 Å². The van der Waals surface area contributed by atoms with Crippen LogP contribution in [0.3, 0.4) is 0 Å². The summed E-state index contributed by atoms with van der Waals surface area (Å²) in [6.45, 7) is 1.18. The Balaban J connectivity index is 1.69. The highest BCUT2D eigenvalue weighted by molar-refractivity contribution is 7.87. The van der Waals surface area contributed by atoms with Crippen molar-refractivity contribution in [2.75, 3.05) is 12.3 Å². The third kappa shape index (κ3) is 3.36. The number of amides is 3. The summed E-state index contributed by atoms with van der Waals surface area (Å²) in [6, 6.07) is 10.5. The van der Waals surface area contributed by atoms with Gasteiger partial charge in [-0.15, -0.1) is 0 Å². The maximum Gasteiger partial charge on any atom is 0.325 e. The monoisotopic (exact) mass is 364 g/mol. The topological polar surface area (TPSA) is 106 Å². The molecular formula is C16H16N2O6S. The normalized spacial score (nSPS) is 20.6. The second-order valence-electron chi connectivity index (χ2n) is 5.65. The van der Waals surface area contributed by atoms with E-state index in [9.17, 15) is 18.0 Å². The van der Waals surface area contributed by atoms with Crippen LogP contribution in [0, 0.1) is 0 Å². The molecule has 1 N–H and O–H groups in total. The molecule has 1 atom stereocenters. The van der Waals surface area contributed by atoms with Crippen molar-refractivity contribution < 1.29 is 26.6 Å². The van der Waals surface area contributed by atoms with Gasteiger partial charge in [-0.25, -0.2) is 4.79 Å². The molecule has 1 aromatic heterocycles. The van der Waals surface area contributed by atoms with Gasteiger partial charge in [-0.2, -0.15) is 8.42 Å². The van der Waals surface area contributed by atoms with Crippen molar-refractivity contribution in [3.63, 3.8) is 0 Å². The molecule has 1 aliphatic rings. The number of imide groups is 1. The molecule has 0 bridgehead atoms. The van der Waals surface area contributed by atoms with Gasteiger partial charge in [0.05, 0.1) is 6.26 Å². The minimum atomic E-state index is -3.96. The molecule has 0 aliphatic carbocycles. The van der Waals surface area contributed by atoms with Crippen LogP contribution in [-0.4, -0.2) is 37.6 Å². The number of rotatable bonds is 6. The van der Waals surface area contributed by atoms with Crippen molar-refractivity contribution in [2.45, 2.75) is 12.5 Å². The molecule has 3 rings (SSSR count). The van der Waals surface area contributed by atoms with E-state index in [1.54, 1.807) is 30.3 Å². The first kappa shape index (κ1) is 17.0. The van der Waals surface area contributed by atoms with E-state index in [1.165, 1.54) is 25.3 Å². The van der Waals surface area contributed by atoms with Crippen LogP contribution in [-0.2, 0) is 20.5 Å². The van der Waals surface area contributed by atoms with Crippen LogP contribution in [0.2, 0.25) is 0 Å². The van der Waals surface area contributed by atoms with Crippen molar-refractivity contribution in [1.29, 1.82) is 0 Å². The zero-order chi connectivity index (χ0) is 18.1. The molecule has 132 valence electrons. The fourth-order valence-electron chi connectivity index (χ4n) is 2.50. The summed E-state index contributed by atoms with van der Waals surface area (Å²) < 4.78 is 34.2. The van der Waals surface area contributed by atoms with E-state index >= 15 is 0 Å². The number of benzene rings is 1. The van der Waals surface area contributed by atoms with Gasteiger partial charge >= 0.3 is 16.1 Å². The number of hydrogen-bond donors (Lipinski definition) is 1. The lowest BCUT2D eigenvalue weighted by Gasteiger charge is -2.19. The molecule has 0 saturated carbocycles. The Labute approximate surface area is 144 Å².